The maximum absolute atomic E-state index is 11.4. The molecule has 0 amide bonds. The molecule has 0 spiro atoms. The molecule has 0 radical (unpaired) electrons. The van der Waals surface area contributed by atoms with E-state index in [0.717, 1.165) is 19.3 Å². The lowest BCUT2D eigenvalue weighted by Gasteiger charge is -2.12. The van der Waals surface area contributed by atoms with Crippen LogP contribution in [0.25, 0.3) is 0 Å². The minimum Gasteiger partial charge on any atom is -0.467 e. The van der Waals surface area contributed by atoms with Crippen LogP contribution in [0.15, 0.2) is 0 Å². The highest BCUT2D eigenvalue weighted by Crippen LogP contribution is 2.53. The average molecular weight is 186 g/mol. The summed E-state index contributed by atoms with van der Waals surface area (Å²) in [5.74, 6) is -0.247. The van der Waals surface area contributed by atoms with Crippen LogP contribution in [0.5, 0.6) is 0 Å². The molecule has 13 heavy (non-hydrogen) atoms. The van der Waals surface area contributed by atoms with Crippen LogP contribution in [0.1, 0.15) is 40.0 Å². The molecule has 76 valence electrons. The van der Waals surface area contributed by atoms with E-state index in [-0.39, 0.29) is 11.6 Å². The van der Waals surface area contributed by atoms with Gasteiger partial charge in [0.25, 0.3) is 0 Å². The van der Waals surface area contributed by atoms with E-state index in [1.807, 2.05) is 13.8 Å². The van der Waals surface area contributed by atoms with Gasteiger partial charge in [-0.25, -0.2) is 4.79 Å². The third-order valence-corrected chi connectivity index (χ3v) is 3.03. The van der Waals surface area contributed by atoms with Gasteiger partial charge in [-0.1, -0.05) is 20.3 Å². The minimum absolute atomic E-state index is 0.247. The molecule has 3 heteroatoms. The van der Waals surface area contributed by atoms with Crippen molar-refractivity contribution in [1.82, 2.24) is 0 Å². The number of epoxide rings is 1. The molecule has 1 fully saturated rings. The van der Waals surface area contributed by atoms with E-state index in [1.54, 1.807) is 0 Å². The van der Waals surface area contributed by atoms with Crippen LogP contribution in [0.4, 0.5) is 0 Å². The Kier molecular flexibility index (Phi) is 2.66. The van der Waals surface area contributed by atoms with Gasteiger partial charge in [0.05, 0.1) is 7.11 Å². The van der Waals surface area contributed by atoms with E-state index >= 15 is 0 Å². The summed E-state index contributed by atoms with van der Waals surface area (Å²) in [6, 6.07) is 0. The Morgan fingerprint density at radius 2 is 2.08 bits per heavy atom. The molecule has 1 aliphatic rings. The van der Waals surface area contributed by atoms with Gasteiger partial charge in [0.1, 0.15) is 5.60 Å². The number of rotatable bonds is 4. The smallest absolute Gasteiger partial charge is 0.340 e. The molecule has 3 nitrogen and oxygen atoms in total. The summed E-state index contributed by atoms with van der Waals surface area (Å²) < 4.78 is 10.3. The van der Waals surface area contributed by atoms with Crippen LogP contribution in [0.2, 0.25) is 0 Å². The molecular weight excluding hydrogens is 168 g/mol. The Bertz CT molecular complexity index is 214. The number of carbonyl (C=O) groups is 1. The zero-order valence-electron chi connectivity index (χ0n) is 8.85. The van der Waals surface area contributed by atoms with E-state index < -0.39 is 5.60 Å². The van der Waals surface area contributed by atoms with Gasteiger partial charge in [-0.2, -0.15) is 0 Å². The summed E-state index contributed by atoms with van der Waals surface area (Å²) >= 11 is 0. The van der Waals surface area contributed by atoms with Crippen molar-refractivity contribution in [3.63, 3.8) is 0 Å². The van der Waals surface area contributed by atoms with Crippen LogP contribution in [0, 0.1) is 0 Å². The molecule has 1 heterocycles. The van der Waals surface area contributed by atoms with Gasteiger partial charge in [-0.3, -0.25) is 0 Å². The molecule has 1 aliphatic heterocycles. The quantitative estimate of drug-likeness (QED) is 0.497. The zero-order valence-corrected chi connectivity index (χ0v) is 8.85. The van der Waals surface area contributed by atoms with Gasteiger partial charge in [-0.05, 0) is 19.8 Å². The minimum atomic E-state index is -0.688. The van der Waals surface area contributed by atoms with Crippen molar-refractivity contribution in [1.29, 1.82) is 0 Å². The van der Waals surface area contributed by atoms with Crippen LogP contribution in [0.3, 0.4) is 0 Å². The standard InChI is InChI=1S/C10H18O3/c1-5-7-10(6-2)9(3,13-10)8(11)12-4/h5-7H2,1-4H3. The molecule has 0 aromatic carbocycles. The molecule has 2 atom stereocenters. The van der Waals surface area contributed by atoms with E-state index in [2.05, 4.69) is 6.92 Å². The topological polar surface area (TPSA) is 38.8 Å². The molecule has 2 unspecified atom stereocenters. The molecule has 0 N–H and O–H groups in total. The highest BCUT2D eigenvalue weighted by atomic mass is 16.7. The fraction of sp³-hybridized carbons (Fsp3) is 0.900. The molecule has 1 saturated heterocycles. The van der Waals surface area contributed by atoms with E-state index in [1.165, 1.54) is 7.11 Å². The summed E-state index contributed by atoms with van der Waals surface area (Å²) in [6.07, 6.45) is 2.82. The Balaban J connectivity index is 2.71. The lowest BCUT2D eigenvalue weighted by atomic mass is 9.88. The number of esters is 1. The summed E-state index contributed by atoms with van der Waals surface area (Å²) in [5, 5.41) is 0. The first kappa shape index (κ1) is 10.5. The summed E-state index contributed by atoms with van der Waals surface area (Å²) in [6.45, 7) is 5.96. The second kappa shape index (κ2) is 3.29. The van der Waals surface area contributed by atoms with Crippen molar-refractivity contribution in [3.05, 3.63) is 0 Å². The van der Waals surface area contributed by atoms with Crippen LogP contribution < -0.4 is 0 Å². The van der Waals surface area contributed by atoms with Gasteiger partial charge in [0.2, 0.25) is 0 Å². The van der Waals surface area contributed by atoms with Crippen LogP contribution >= 0.6 is 0 Å². The first-order valence-electron chi connectivity index (χ1n) is 4.85. The van der Waals surface area contributed by atoms with E-state index in [4.69, 9.17) is 9.47 Å². The predicted molar refractivity (Wildman–Crippen MR) is 49.4 cm³/mol. The zero-order chi connectivity index (χ0) is 10.1. The van der Waals surface area contributed by atoms with Crippen molar-refractivity contribution in [2.75, 3.05) is 7.11 Å². The highest BCUT2D eigenvalue weighted by molar-refractivity contribution is 5.84. The van der Waals surface area contributed by atoms with Crippen molar-refractivity contribution in [2.45, 2.75) is 51.2 Å². The summed E-state index contributed by atoms with van der Waals surface area (Å²) in [7, 11) is 1.40. The first-order chi connectivity index (χ1) is 6.06. The van der Waals surface area contributed by atoms with Crippen molar-refractivity contribution < 1.29 is 14.3 Å². The Morgan fingerprint density at radius 3 is 2.46 bits per heavy atom. The lowest BCUT2D eigenvalue weighted by Crippen LogP contribution is -2.32. The second-order valence-corrected chi connectivity index (χ2v) is 3.72. The highest BCUT2D eigenvalue weighted by Gasteiger charge is 2.70. The molecule has 0 aliphatic carbocycles. The van der Waals surface area contributed by atoms with Crippen molar-refractivity contribution in [2.24, 2.45) is 0 Å². The lowest BCUT2D eigenvalue weighted by molar-refractivity contribution is -0.146. The Morgan fingerprint density at radius 1 is 1.46 bits per heavy atom. The number of ether oxygens (including phenoxy) is 2. The van der Waals surface area contributed by atoms with Gasteiger partial charge >= 0.3 is 5.97 Å². The van der Waals surface area contributed by atoms with Gasteiger partial charge in [0.15, 0.2) is 5.60 Å². The summed E-state index contributed by atoms with van der Waals surface area (Å²) in [5.41, 5.74) is -0.943. The third-order valence-electron chi connectivity index (χ3n) is 3.03. The predicted octanol–water partition coefficient (Wildman–Crippen LogP) is 1.90. The normalized spacial score (nSPS) is 37.2. The molecule has 0 aromatic heterocycles. The number of hydrogen-bond acceptors (Lipinski definition) is 3. The fourth-order valence-electron chi connectivity index (χ4n) is 2.07. The molecule has 0 aromatic rings. The van der Waals surface area contributed by atoms with Gasteiger partial charge in [-0.15, -0.1) is 0 Å². The van der Waals surface area contributed by atoms with Gasteiger partial charge < -0.3 is 9.47 Å². The Hall–Kier alpha value is -0.570. The third kappa shape index (κ3) is 1.35. The summed E-state index contributed by atoms with van der Waals surface area (Å²) in [4.78, 5) is 11.4. The van der Waals surface area contributed by atoms with Gasteiger partial charge in [0, 0.05) is 0 Å². The van der Waals surface area contributed by atoms with E-state index in [0.29, 0.717) is 0 Å². The maximum atomic E-state index is 11.4. The molecule has 0 bridgehead atoms. The monoisotopic (exact) mass is 186 g/mol. The molecular formula is C10H18O3. The average Bonchev–Trinajstić information content (AvgIpc) is 2.73. The SMILES string of the molecule is CCCC1(CC)OC1(C)C(=O)OC. The Labute approximate surface area is 79.4 Å². The van der Waals surface area contributed by atoms with Crippen LogP contribution in [-0.2, 0) is 14.3 Å². The number of hydrogen-bond donors (Lipinski definition) is 0. The largest absolute Gasteiger partial charge is 0.467 e. The molecule has 0 saturated carbocycles. The van der Waals surface area contributed by atoms with Crippen LogP contribution in [-0.4, -0.2) is 24.3 Å². The van der Waals surface area contributed by atoms with Crippen molar-refractivity contribution in [3.8, 4) is 0 Å². The van der Waals surface area contributed by atoms with E-state index in [9.17, 15) is 4.79 Å². The fourth-order valence-corrected chi connectivity index (χ4v) is 2.07. The number of methoxy groups -OCH3 is 1. The molecule has 1 rings (SSSR count). The number of carbonyl (C=O) groups excluding carboxylic acids is 1. The second-order valence-electron chi connectivity index (χ2n) is 3.72. The maximum Gasteiger partial charge on any atom is 0.340 e. The first-order valence-corrected chi connectivity index (χ1v) is 4.85. The van der Waals surface area contributed by atoms with Crippen molar-refractivity contribution >= 4 is 5.97 Å².